The van der Waals surface area contributed by atoms with Gasteiger partial charge in [0.05, 0.1) is 13.5 Å². The van der Waals surface area contributed by atoms with E-state index < -0.39 is 0 Å². The standard InChI is InChI=1S/C12H21NO2.ClH/c1-15-11(14)9-12-6-3-2-5-10(12)13-8-4-7-12;/h10,13H,2-9H2,1H3;1H. The number of carbonyl (C=O) groups excluding carboxylic acids is 1. The molecule has 2 rings (SSSR count). The van der Waals surface area contributed by atoms with Crippen molar-refractivity contribution in [2.75, 3.05) is 13.7 Å². The smallest absolute Gasteiger partial charge is 0.306 e. The van der Waals surface area contributed by atoms with Gasteiger partial charge in [0.25, 0.3) is 0 Å². The van der Waals surface area contributed by atoms with Crippen LogP contribution in [0.25, 0.3) is 0 Å². The number of fused-ring (bicyclic) bond motifs is 1. The van der Waals surface area contributed by atoms with Crippen LogP contribution in [0.3, 0.4) is 0 Å². The van der Waals surface area contributed by atoms with Crippen molar-refractivity contribution >= 4 is 18.4 Å². The molecule has 0 radical (unpaired) electrons. The molecule has 1 aliphatic heterocycles. The maximum Gasteiger partial charge on any atom is 0.306 e. The van der Waals surface area contributed by atoms with E-state index in [1.54, 1.807) is 0 Å². The SMILES string of the molecule is COC(=O)CC12CCCCC1NCCC2.Cl. The Morgan fingerprint density at radius 3 is 2.88 bits per heavy atom. The number of esters is 1. The van der Waals surface area contributed by atoms with Gasteiger partial charge in [-0.25, -0.2) is 0 Å². The molecule has 0 aromatic heterocycles. The molecule has 0 amide bonds. The van der Waals surface area contributed by atoms with E-state index in [0.29, 0.717) is 12.5 Å². The number of halogens is 1. The average molecular weight is 248 g/mol. The number of hydrogen-bond donors (Lipinski definition) is 1. The lowest BCUT2D eigenvalue weighted by Crippen LogP contribution is -2.52. The summed E-state index contributed by atoms with van der Waals surface area (Å²) >= 11 is 0. The number of methoxy groups -OCH3 is 1. The van der Waals surface area contributed by atoms with Crippen LogP contribution in [0.4, 0.5) is 0 Å². The minimum Gasteiger partial charge on any atom is -0.469 e. The van der Waals surface area contributed by atoms with Gasteiger partial charge in [-0.3, -0.25) is 4.79 Å². The summed E-state index contributed by atoms with van der Waals surface area (Å²) in [4.78, 5) is 11.5. The molecule has 0 bridgehead atoms. The molecular formula is C12H22ClNO2. The van der Waals surface area contributed by atoms with Crippen molar-refractivity contribution in [3.05, 3.63) is 0 Å². The Kier molecular flexibility index (Phi) is 5.06. The molecule has 1 N–H and O–H groups in total. The van der Waals surface area contributed by atoms with Gasteiger partial charge in [-0.1, -0.05) is 12.8 Å². The molecule has 2 atom stereocenters. The second-order valence-electron chi connectivity index (χ2n) is 4.97. The number of rotatable bonds is 2. The number of nitrogens with one attached hydrogen (secondary N) is 1. The topological polar surface area (TPSA) is 38.3 Å². The quantitative estimate of drug-likeness (QED) is 0.761. The lowest BCUT2D eigenvalue weighted by Gasteiger charge is -2.47. The fourth-order valence-corrected chi connectivity index (χ4v) is 3.30. The zero-order valence-corrected chi connectivity index (χ0v) is 10.8. The van der Waals surface area contributed by atoms with Crippen LogP contribution < -0.4 is 5.32 Å². The predicted octanol–water partition coefficient (Wildman–Crippen LogP) is 2.28. The van der Waals surface area contributed by atoms with Gasteiger partial charge in [0.2, 0.25) is 0 Å². The van der Waals surface area contributed by atoms with E-state index in [1.807, 2.05) is 0 Å². The molecule has 0 spiro atoms. The predicted molar refractivity (Wildman–Crippen MR) is 65.8 cm³/mol. The summed E-state index contributed by atoms with van der Waals surface area (Å²) in [5.74, 6) is -0.0365. The summed E-state index contributed by atoms with van der Waals surface area (Å²) in [7, 11) is 1.49. The molecular weight excluding hydrogens is 226 g/mol. The van der Waals surface area contributed by atoms with Gasteiger partial charge in [0, 0.05) is 6.04 Å². The molecule has 1 saturated carbocycles. The van der Waals surface area contributed by atoms with Gasteiger partial charge in [0.15, 0.2) is 0 Å². The first kappa shape index (κ1) is 13.8. The Morgan fingerprint density at radius 1 is 1.38 bits per heavy atom. The summed E-state index contributed by atoms with van der Waals surface area (Å²) < 4.78 is 4.83. The van der Waals surface area contributed by atoms with E-state index >= 15 is 0 Å². The highest BCUT2D eigenvalue weighted by atomic mass is 35.5. The van der Waals surface area contributed by atoms with Crippen molar-refractivity contribution in [1.29, 1.82) is 0 Å². The summed E-state index contributed by atoms with van der Waals surface area (Å²) in [6.07, 6.45) is 8.01. The lowest BCUT2D eigenvalue weighted by molar-refractivity contribution is -0.145. The Labute approximate surface area is 104 Å². The molecule has 16 heavy (non-hydrogen) atoms. The summed E-state index contributed by atoms with van der Waals surface area (Å²) in [6, 6.07) is 0.555. The maximum atomic E-state index is 11.5. The van der Waals surface area contributed by atoms with Crippen molar-refractivity contribution in [3.8, 4) is 0 Å². The molecule has 2 fully saturated rings. The van der Waals surface area contributed by atoms with Crippen LogP contribution in [-0.2, 0) is 9.53 Å². The van der Waals surface area contributed by atoms with Gasteiger partial charge in [-0.2, -0.15) is 0 Å². The van der Waals surface area contributed by atoms with Gasteiger partial charge in [-0.15, -0.1) is 12.4 Å². The highest BCUT2D eigenvalue weighted by Gasteiger charge is 2.43. The Bertz CT molecular complexity index is 233. The fourth-order valence-electron chi connectivity index (χ4n) is 3.30. The lowest BCUT2D eigenvalue weighted by atomic mass is 9.64. The third-order valence-electron chi connectivity index (χ3n) is 4.12. The molecule has 0 aromatic carbocycles. The summed E-state index contributed by atoms with van der Waals surface area (Å²) in [6.45, 7) is 1.12. The van der Waals surface area contributed by atoms with E-state index in [4.69, 9.17) is 4.74 Å². The molecule has 4 heteroatoms. The van der Waals surface area contributed by atoms with E-state index in [-0.39, 0.29) is 23.8 Å². The van der Waals surface area contributed by atoms with Crippen LogP contribution in [0.15, 0.2) is 0 Å². The van der Waals surface area contributed by atoms with Crippen LogP contribution in [0.1, 0.15) is 44.9 Å². The van der Waals surface area contributed by atoms with Gasteiger partial charge in [0.1, 0.15) is 0 Å². The first-order valence-corrected chi connectivity index (χ1v) is 6.07. The molecule has 3 nitrogen and oxygen atoms in total. The van der Waals surface area contributed by atoms with Gasteiger partial charge < -0.3 is 10.1 Å². The molecule has 2 aliphatic rings. The molecule has 2 unspecified atom stereocenters. The number of carbonyl (C=O) groups is 1. The van der Waals surface area contributed by atoms with E-state index in [0.717, 1.165) is 6.54 Å². The number of ether oxygens (including phenoxy) is 1. The second kappa shape index (κ2) is 5.87. The van der Waals surface area contributed by atoms with Crippen molar-refractivity contribution < 1.29 is 9.53 Å². The third-order valence-corrected chi connectivity index (χ3v) is 4.12. The molecule has 94 valence electrons. The highest BCUT2D eigenvalue weighted by Crippen LogP contribution is 2.45. The maximum absolute atomic E-state index is 11.5. The molecule has 0 aromatic rings. The van der Waals surface area contributed by atoms with E-state index in [2.05, 4.69) is 5.32 Å². The fraction of sp³-hybridized carbons (Fsp3) is 0.917. The Hall–Kier alpha value is -0.280. The van der Waals surface area contributed by atoms with Crippen molar-refractivity contribution in [1.82, 2.24) is 5.32 Å². The zero-order chi connectivity index (χ0) is 10.7. The molecule has 1 aliphatic carbocycles. The van der Waals surface area contributed by atoms with Crippen molar-refractivity contribution in [2.45, 2.75) is 51.0 Å². The minimum absolute atomic E-state index is 0. The van der Waals surface area contributed by atoms with Crippen LogP contribution >= 0.6 is 12.4 Å². The van der Waals surface area contributed by atoms with Crippen LogP contribution in [0.2, 0.25) is 0 Å². The highest BCUT2D eigenvalue weighted by molar-refractivity contribution is 5.85. The zero-order valence-electron chi connectivity index (χ0n) is 9.96. The number of piperidine rings is 1. The first-order valence-electron chi connectivity index (χ1n) is 6.07. The number of hydrogen-bond acceptors (Lipinski definition) is 3. The van der Waals surface area contributed by atoms with Crippen LogP contribution in [0, 0.1) is 5.41 Å². The largest absolute Gasteiger partial charge is 0.469 e. The molecule has 1 saturated heterocycles. The normalized spacial score (nSPS) is 33.4. The Balaban J connectivity index is 0.00000128. The summed E-state index contributed by atoms with van der Waals surface area (Å²) in [5, 5.41) is 3.58. The van der Waals surface area contributed by atoms with Gasteiger partial charge >= 0.3 is 5.97 Å². The van der Waals surface area contributed by atoms with Crippen LogP contribution in [0.5, 0.6) is 0 Å². The van der Waals surface area contributed by atoms with E-state index in [1.165, 1.54) is 45.6 Å². The van der Waals surface area contributed by atoms with Crippen molar-refractivity contribution in [3.63, 3.8) is 0 Å². The monoisotopic (exact) mass is 247 g/mol. The molecule has 1 heterocycles. The Morgan fingerprint density at radius 2 is 2.12 bits per heavy atom. The third kappa shape index (κ3) is 2.69. The first-order chi connectivity index (χ1) is 7.27. The van der Waals surface area contributed by atoms with Gasteiger partial charge in [-0.05, 0) is 37.6 Å². The summed E-state index contributed by atoms with van der Waals surface area (Å²) in [5.41, 5.74) is 0.212. The minimum atomic E-state index is -0.0365. The van der Waals surface area contributed by atoms with E-state index in [9.17, 15) is 4.79 Å². The second-order valence-corrected chi connectivity index (χ2v) is 4.97. The van der Waals surface area contributed by atoms with Crippen molar-refractivity contribution in [2.24, 2.45) is 5.41 Å². The average Bonchev–Trinajstić information content (AvgIpc) is 2.28. The van der Waals surface area contributed by atoms with Crippen LogP contribution in [-0.4, -0.2) is 25.7 Å².